The Morgan fingerprint density at radius 2 is 2.30 bits per heavy atom. The summed E-state index contributed by atoms with van der Waals surface area (Å²) in [4.78, 5) is 11.7. The summed E-state index contributed by atoms with van der Waals surface area (Å²) in [6.07, 6.45) is 13.4. The van der Waals surface area contributed by atoms with E-state index in [9.17, 15) is 9.90 Å². The van der Waals surface area contributed by atoms with E-state index in [-0.39, 0.29) is 17.7 Å². The van der Waals surface area contributed by atoms with Gasteiger partial charge in [-0.25, -0.2) is 0 Å². The summed E-state index contributed by atoms with van der Waals surface area (Å²) in [6.45, 7) is 1.93. The Hall–Kier alpha value is -1.41. The summed E-state index contributed by atoms with van der Waals surface area (Å²) in [6, 6.07) is 0. The van der Waals surface area contributed by atoms with Crippen LogP contribution in [0.5, 0.6) is 0 Å². The van der Waals surface area contributed by atoms with Gasteiger partial charge in [0.25, 0.3) is 0 Å². The van der Waals surface area contributed by atoms with Gasteiger partial charge in [-0.1, -0.05) is 25.2 Å². The van der Waals surface area contributed by atoms with Gasteiger partial charge < -0.3 is 5.11 Å². The topological polar surface area (TPSA) is 37.3 Å². The number of rotatable bonds is 2. The van der Waals surface area contributed by atoms with E-state index in [4.69, 9.17) is 2.74 Å². The highest BCUT2D eigenvalue weighted by molar-refractivity contribution is 5.93. The van der Waals surface area contributed by atoms with Crippen LogP contribution in [0.15, 0.2) is 47.6 Å². The first-order valence-corrected chi connectivity index (χ1v) is 8.86. The molecular weight excluding hydrogens is 285 g/mol. The van der Waals surface area contributed by atoms with E-state index >= 15 is 0 Å². The predicted molar refractivity (Wildman–Crippen MR) is 91.8 cm³/mol. The minimum atomic E-state index is -0.865. The average Bonchev–Trinajstić information content (AvgIpc) is 2.84. The van der Waals surface area contributed by atoms with Crippen molar-refractivity contribution in [2.45, 2.75) is 57.5 Å². The summed E-state index contributed by atoms with van der Waals surface area (Å²) in [5, 5.41) is 11.3. The SMILES string of the molecule is [2H][13C]([2H])=CC[C@@]1(O)CC[C@H]2[C@@H]3CCC4=CC(=O)CCC4=C3C=C[C@@]21C. The van der Waals surface area contributed by atoms with Gasteiger partial charge in [0.1, 0.15) is 0 Å². The van der Waals surface area contributed by atoms with Gasteiger partial charge in [0.15, 0.2) is 5.78 Å². The Kier molecular flexibility index (Phi) is 2.84. The van der Waals surface area contributed by atoms with Crippen molar-refractivity contribution < 1.29 is 12.6 Å². The zero-order valence-electron chi connectivity index (χ0n) is 15.8. The van der Waals surface area contributed by atoms with Crippen LogP contribution < -0.4 is 0 Å². The lowest BCUT2D eigenvalue weighted by Gasteiger charge is -2.48. The molecule has 1 N–H and O–H groups in total. The maximum absolute atomic E-state index is 11.7. The zero-order valence-corrected chi connectivity index (χ0v) is 13.8. The third-order valence-corrected chi connectivity index (χ3v) is 6.99. The second-order valence-corrected chi connectivity index (χ2v) is 7.92. The molecule has 0 unspecified atom stereocenters. The summed E-state index contributed by atoms with van der Waals surface area (Å²) >= 11 is 0. The van der Waals surface area contributed by atoms with Gasteiger partial charge in [-0.3, -0.25) is 4.79 Å². The molecule has 1 fully saturated rings. The van der Waals surface area contributed by atoms with E-state index in [1.807, 2.05) is 6.08 Å². The highest BCUT2D eigenvalue weighted by atomic mass is 16.3. The molecule has 2 nitrogen and oxygen atoms in total. The lowest BCUT2D eigenvalue weighted by molar-refractivity contribution is -0.114. The summed E-state index contributed by atoms with van der Waals surface area (Å²) in [5.41, 5.74) is 2.84. The molecule has 0 aromatic heterocycles. The maximum Gasteiger partial charge on any atom is 0.156 e. The largest absolute Gasteiger partial charge is 0.389 e. The van der Waals surface area contributed by atoms with Crippen molar-refractivity contribution >= 4 is 5.78 Å². The Morgan fingerprint density at radius 1 is 1.43 bits per heavy atom. The smallest absolute Gasteiger partial charge is 0.156 e. The Morgan fingerprint density at radius 3 is 3.13 bits per heavy atom. The van der Waals surface area contributed by atoms with Gasteiger partial charge in [0.2, 0.25) is 0 Å². The molecule has 4 aliphatic rings. The normalized spacial score (nSPS) is 43.0. The fraction of sp³-hybridized carbons (Fsp3) is 0.571. The molecule has 23 heavy (non-hydrogen) atoms. The lowest BCUT2D eigenvalue weighted by atomic mass is 9.58. The van der Waals surface area contributed by atoms with Crippen LogP contribution in [-0.4, -0.2) is 16.5 Å². The lowest BCUT2D eigenvalue weighted by Crippen LogP contribution is -2.47. The molecule has 0 aromatic rings. The number of aliphatic hydroxyl groups is 1. The Labute approximate surface area is 141 Å². The molecule has 122 valence electrons. The zero-order chi connectivity index (χ0) is 17.8. The molecule has 0 saturated heterocycles. The molecule has 0 amide bonds. The number of fused-ring (bicyclic) bond motifs is 4. The van der Waals surface area contributed by atoms with Crippen LogP contribution >= 0.6 is 0 Å². The number of hydrogen-bond acceptors (Lipinski definition) is 2. The molecule has 4 rings (SSSR count). The third-order valence-electron chi connectivity index (χ3n) is 6.99. The standard InChI is InChI=1S/C21H26O2/c1-3-10-21(23)12-9-19-18-6-4-14-13-15(22)5-7-16(14)17(18)8-11-20(19,21)2/h3,8,11,13,18-19,23H,1,4-7,9-10,12H2,2H3/t18-,19+,20+,21-/m1/s1/i1+1D2. The second-order valence-electron chi connectivity index (χ2n) is 7.92. The highest BCUT2D eigenvalue weighted by Crippen LogP contribution is 2.61. The first-order chi connectivity index (χ1) is 11.8. The van der Waals surface area contributed by atoms with Crippen LogP contribution in [0.3, 0.4) is 0 Å². The van der Waals surface area contributed by atoms with E-state index in [2.05, 4.69) is 19.1 Å². The van der Waals surface area contributed by atoms with Gasteiger partial charge in [-0.2, -0.15) is 0 Å². The van der Waals surface area contributed by atoms with Crippen LogP contribution in [0.4, 0.5) is 0 Å². The minimum absolute atomic E-state index is 0.220. The Bertz CT molecular complexity index is 741. The summed E-state index contributed by atoms with van der Waals surface area (Å²) < 4.78 is 14.7. The quantitative estimate of drug-likeness (QED) is 0.610. The van der Waals surface area contributed by atoms with Crippen molar-refractivity contribution in [3.8, 4) is 0 Å². The first kappa shape index (κ1) is 12.9. The molecule has 4 atom stereocenters. The molecule has 0 aromatic carbocycles. The Balaban J connectivity index is 1.74. The number of hydrogen-bond donors (Lipinski definition) is 1. The molecule has 4 aliphatic carbocycles. The predicted octanol–water partition coefficient (Wildman–Crippen LogP) is 4.28. The number of carbonyl (C=O) groups excluding carboxylic acids is 1. The summed E-state index contributed by atoms with van der Waals surface area (Å²) in [7, 11) is 0. The number of allylic oxidation sites excluding steroid dienone is 5. The molecular formula is C21H26O2. The van der Waals surface area contributed by atoms with Crippen molar-refractivity contribution in [2.24, 2.45) is 17.3 Å². The number of ketones is 1. The molecule has 0 heterocycles. The van der Waals surface area contributed by atoms with Gasteiger partial charge in [0.05, 0.1) is 8.34 Å². The third kappa shape index (κ3) is 2.00. The second kappa shape index (κ2) is 5.04. The molecule has 0 spiro atoms. The van der Waals surface area contributed by atoms with E-state index in [0.29, 0.717) is 24.7 Å². The van der Waals surface area contributed by atoms with Crippen LogP contribution in [0.25, 0.3) is 0 Å². The molecule has 0 aliphatic heterocycles. The number of carbonyl (C=O) groups is 1. The van der Waals surface area contributed by atoms with E-state index in [1.54, 1.807) is 0 Å². The maximum atomic E-state index is 11.7. The van der Waals surface area contributed by atoms with Crippen LogP contribution in [0.1, 0.15) is 54.6 Å². The van der Waals surface area contributed by atoms with Crippen molar-refractivity contribution in [1.82, 2.24) is 0 Å². The first-order valence-electron chi connectivity index (χ1n) is 9.86. The molecule has 0 radical (unpaired) electrons. The van der Waals surface area contributed by atoms with Crippen molar-refractivity contribution in [2.75, 3.05) is 0 Å². The van der Waals surface area contributed by atoms with Crippen LogP contribution in [0, 0.1) is 17.3 Å². The fourth-order valence-electron chi connectivity index (χ4n) is 5.61. The fourth-order valence-corrected chi connectivity index (χ4v) is 5.61. The molecule has 1 saturated carbocycles. The molecule has 0 bridgehead atoms. The van der Waals surface area contributed by atoms with Gasteiger partial charge in [0, 0.05) is 11.8 Å². The van der Waals surface area contributed by atoms with Gasteiger partial charge in [-0.05, 0) is 73.2 Å². The molecule has 2 heteroatoms. The van der Waals surface area contributed by atoms with E-state index < -0.39 is 5.60 Å². The average molecular weight is 313 g/mol. The highest BCUT2D eigenvalue weighted by Gasteiger charge is 2.58. The van der Waals surface area contributed by atoms with Gasteiger partial charge in [-0.15, -0.1) is 6.53 Å². The van der Waals surface area contributed by atoms with Crippen LogP contribution in [-0.2, 0) is 4.79 Å². The van der Waals surface area contributed by atoms with Crippen LogP contribution in [0.2, 0.25) is 0 Å². The van der Waals surface area contributed by atoms with E-state index in [0.717, 1.165) is 32.1 Å². The summed E-state index contributed by atoms with van der Waals surface area (Å²) in [5.74, 6) is 1.11. The van der Waals surface area contributed by atoms with Gasteiger partial charge >= 0.3 is 0 Å². The minimum Gasteiger partial charge on any atom is -0.389 e. The van der Waals surface area contributed by atoms with Crippen molar-refractivity contribution in [3.05, 3.63) is 47.6 Å². The van der Waals surface area contributed by atoms with Crippen molar-refractivity contribution in [1.29, 1.82) is 0 Å². The van der Waals surface area contributed by atoms with E-state index in [1.165, 1.54) is 22.8 Å². The monoisotopic (exact) mass is 313 g/mol. The van der Waals surface area contributed by atoms with Crippen molar-refractivity contribution in [3.63, 3.8) is 0 Å².